The number of H-pyrrole nitrogens is 1. The lowest BCUT2D eigenvalue weighted by Gasteiger charge is -2.39. The Morgan fingerprint density at radius 1 is 1.18 bits per heavy atom. The van der Waals surface area contributed by atoms with E-state index in [4.69, 9.17) is 11.6 Å². The van der Waals surface area contributed by atoms with Crippen LogP contribution < -0.4 is 5.32 Å². The molecule has 12 heteroatoms. The van der Waals surface area contributed by atoms with E-state index in [2.05, 4.69) is 20.5 Å². The SMILES string of the molecule is Cc1[nH]nc(C(F)(F)F)c1C(=O)N[C@@H]1CCN(C(=O)c2cc(Cl)c3ncn(C)c3c2)C[C@@H]1c1ccccc1. The molecular formula is C26H24ClF3N6O2. The Morgan fingerprint density at radius 2 is 1.92 bits per heavy atom. The van der Waals surface area contributed by atoms with Gasteiger partial charge in [-0.3, -0.25) is 14.7 Å². The summed E-state index contributed by atoms with van der Waals surface area (Å²) in [6, 6.07) is 12.1. The van der Waals surface area contributed by atoms with E-state index >= 15 is 0 Å². The number of rotatable bonds is 4. The maximum atomic E-state index is 13.5. The van der Waals surface area contributed by atoms with Gasteiger partial charge in [0.1, 0.15) is 5.52 Å². The lowest BCUT2D eigenvalue weighted by Crippen LogP contribution is -2.51. The Labute approximate surface area is 220 Å². The molecule has 1 fully saturated rings. The number of hydrogen-bond donors (Lipinski definition) is 2. The highest BCUT2D eigenvalue weighted by atomic mass is 35.5. The molecule has 3 heterocycles. The average molecular weight is 545 g/mol. The van der Waals surface area contributed by atoms with Gasteiger partial charge in [-0.05, 0) is 31.0 Å². The first-order valence-electron chi connectivity index (χ1n) is 11.9. The Bertz CT molecular complexity index is 1510. The van der Waals surface area contributed by atoms with E-state index in [1.807, 2.05) is 37.4 Å². The minimum atomic E-state index is -4.78. The lowest BCUT2D eigenvalue weighted by molar-refractivity contribution is -0.141. The molecule has 1 saturated heterocycles. The summed E-state index contributed by atoms with van der Waals surface area (Å²) in [5, 5.41) is 8.72. The van der Waals surface area contributed by atoms with E-state index in [0.29, 0.717) is 29.1 Å². The van der Waals surface area contributed by atoms with Gasteiger partial charge >= 0.3 is 6.18 Å². The van der Waals surface area contributed by atoms with Crippen LogP contribution in [-0.4, -0.2) is 55.6 Å². The molecule has 38 heavy (non-hydrogen) atoms. The molecule has 8 nitrogen and oxygen atoms in total. The van der Waals surface area contributed by atoms with Crippen LogP contribution in [0.5, 0.6) is 0 Å². The molecule has 2 amide bonds. The molecule has 1 aliphatic rings. The third-order valence-electron chi connectivity index (χ3n) is 6.92. The average Bonchev–Trinajstić information content (AvgIpc) is 3.47. The highest BCUT2D eigenvalue weighted by Gasteiger charge is 2.41. The second kappa shape index (κ2) is 9.79. The number of fused-ring (bicyclic) bond motifs is 1. The van der Waals surface area contributed by atoms with E-state index in [1.165, 1.54) is 6.92 Å². The molecule has 2 aromatic heterocycles. The maximum absolute atomic E-state index is 13.5. The summed E-state index contributed by atoms with van der Waals surface area (Å²) in [5.74, 6) is -1.44. The minimum Gasteiger partial charge on any atom is -0.348 e. The first-order chi connectivity index (χ1) is 18.0. The number of aromatic amines is 1. The molecule has 2 aromatic carbocycles. The third-order valence-corrected chi connectivity index (χ3v) is 7.21. The van der Waals surface area contributed by atoms with Crippen LogP contribution >= 0.6 is 11.6 Å². The summed E-state index contributed by atoms with van der Waals surface area (Å²) < 4.78 is 42.1. The number of hydrogen-bond acceptors (Lipinski definition) is 4. The Hall–Kier alpha value is -3.86. The van der Waals surface area contributed by atoms with Crippen LogP contribution in [0.15, 0.2) is 48.8 Å². The number of nitrogens with zero attached hydrogens (tertiary/aromatic N) is 4. The topological polar surface area (TPSA) is 95.9 Å². The summed E-state index contributed by atoms with van der Waals surface area (Å²) in [6.45, 7) is 1.92. The maximum Gasteiger partial charge on any atom is 0.435 e. The fourth-order valence-corrected chi connectivity index (χ4v) is 5.26. The van der Waals surface area contributed by atoms with Crippen molar-refractivity contribution >= 4 is 34.4 Å². The number of likely N-dealkylation sites (tertiary alicyclic amines) is 1. The number of benzene rings is 2. The molecule has 2 N–H and O–H groups in total. The van der Waals surface area contributed by atoms with Crippen molar-refractivity contribution < 1.29 is 22.8 Å². The smallest absolute Gasteiger partial charge is 0.348 e. The van der Waals surface area contributed by atoms with Crippen LogP contribution in [0.4, 0.5) is 13.2 Å². The van der Waals surface area contributed by atoms with Crippen LogP contribution in [0.2, 0.25) is 5.02 Å². The number of carbonyl (C=O) groups is 2. The summed E-state index contributed by atoms with van der Waals surface area (Å²) >= 11 is 6.39. The van der Waals surface area contributed by atoms with Gasteiger partial charge in [-0.1, -0.05) is 41.9 Å². The predicted molar refractivity (Wildman–Crippen MR) is 135 cm³/mol. The van der Waals surface area contributed by atoms with Crippen LogP contribution in [0, 0.1) is 6.92 Å². The molecule has 0 radical (unpaired) electrons. The number of carbonyl (C=O) groups excluding carboxylic acids is 2. The number of aryl methyl sites for hydroxylation is 2. The van der Waals surface area contributed by atoms with E-state index in [9.17, 15) is 22.8 Å². The molecule has 0 saturated carbocycles. The molecular weight excluding hydrogens is 521 g/mol. The monoisotopic (exact) mass is 544 g/mol. The van der Waals surface area contributed by atoms with Crippen molar-refractivity contribution in [3.63, 3.8) is 0 Å². The van der Waals surface area contributed by atoms with E-state index in [1.54, 1.807) is 27.9 Å². The fraction of sp³-hybridized carbons (Fsp3) is 0.308. The zero-order valence-electron chi connectivity index (χ0n) is 20.5. The van der Waals surface area contributed by atoms with Crippen molar-refractivity contribution in [1.29, 1.82) is 0 Å². The second-order valence-electron chi connectivity index (χ2n) is 9.39. The van der Waals surface area contributed by atoms with E-state index in [-0.39, 0.29) is 24.1 Å². The first-order valence-corrected chi connectivity index (χ1v) is 12.3. The van der Waals surface area contributed by atoms with Gasteiger partial charge in [0.25, 0.3) is 11.8 Å². The lowest BCUT2D eigenvalue weighted by atomic mass is 9.85. The molecule has 5 rings (SSSR count). The number of imidazole rings is 1. The Balaban J connectivity index is 1.42. The summed E-state index contributed by atoms with van der Waals surface area (Å²) in [6.07, 6.45) is -2.81. The standard InChI is InChI=1S/C26H24ClF3N6O2/c1-14-21(23(34-33-14)26(28,29)30)24(37)32-19-8-9-36(12-17(19)15-6-4-3-5-7-15)25(38)16-10-18(27)22-20(11-16)35(2)13-31-22/h3-7,10-11,13,17,19H,8-9,12H2,1-2H3,(H,32,37)(H,33,34)/t17-,19-/m1/s1. The van der Waals surface area contributed by atoms with Crippen LogP contribution in [-0.2, 0) is 13.2 Å². The van der Waals surface area contributed by atoms with Gasteiger partial charge in [-0.25, -0.2) is 4.98 Å². The van der Waals surface area contributed by atoms with Gasteiger partial charge < -0.3 is 14.8 Å². The Kier molecular flexibility index (Phi) is 6.64. The molecule has 0 spiro atoms. The molecule has 0 bridgehead atoms. The van der Waals surface area contributed by atoms with Gasteiger partial charge in [0.05, 0.1) is 22.4 Å². The molecule has 2 atom stereocenters. The number of amides is 2. The number of piperidine rings is 1. The zero-order valence-corrected chi connectivity index (χ0v) is 21.3. The van der Waals surface area contributed by atoms with Crippen molar-refractivity contribution in [2.45, 2.75) is 31.5 Å². The van der Waals surface area contributed by atoms with Crippen molar-refractivity contribution in [2.24, 2.45) is 7.05 Å². The summed E-state index contributed by atoms with van der Waals surface area (Å²) in [4.78, 5) is 32.5. The predicted octanol–water partition coefficient (Wildman–Crippen LogP) is 4.71. The quantitative estimate of drug-likeness (QED) is 0.389. The number of alkyl halides is 3. The summed E-state index contributed by atoms with van der Waals surface area (Å²) in [5.41, 5.74) is 0.835. The summed E-state index contributed by atoms with van der Waals surface area (Å²) in [7, 11) is 1.81. The minimum absolute atomic E-state index is 0.0288. The zero-order chi connectivity index (χ0) is 27.2. The fourth-order valence-electron chi connectivity index (χ4n) is 4.99. The largest absolute Gasteiger partial charge is 0.435 e. The highest BCUT2D eigenvalue weighted by molar-refractivity contribution is 6.35. The second-order valence-corrected chi connectivity index (χ2v) is 9.80. The molecule has 198 valence electrons. The van der Waals surface area contributed by atoms with Crippen molar-refractivity contribution in [2.75, 3.05) is 13.1 Å². The first kappa shape index (κ1) is 25.8. The van der Waals surface area contributed by atoms with Gasteiger partial charge in [0.2, 0.25) is 0 Å². The van der Waals surface area contributed by atoms with Crippen LogP contribution in [0.3, 0.4) is 0 Å². The molecule has 1 aliphatic heterocycles. The number of halogens is 4. The van der Waals surface area contributed by atoms with Crippen molar-refractivity contribution in [1.82, 2.24) is 30.0 Å². The Morgan fingerprint density at radius 3 is 2.63 bits per heavy atom. The van der Waals surface area contributed by atoms with E-state index in [0.717, 1.165) is 11.1 Å². The third kappa shape index (κ3) is 4.73. The van der Waals surface area contributed by atoms with Gasteiger partial charge in [0, 0.05) is 43.4 Å². The van der Waals surface area contributed by atoms with E-state index < -0.39 is 29.4 Å². The van der Waals surface area contributed by atoms with Crippen LogP contribution in [0.1, 0.15) is 50.0 Å². The number of aromatic nitrogens is 4. The van der Waals surface area contributed by atoms with Gasteiger partial charge in [0.15, 0.2) is 5.69 Å². The van der Waals surface area contributed by atoms with Gasteiger partial charge in [-0.15, -0.1) is 0 Å². The van der Waals surface area contributed by atoms with Crippen molar-refractivity contribution in [3.8, 4) is 0 Å². The highest BCUT2D eigenvalue weighted by Crippen LogP contribution is 2.33. The molecule has 4 aromatic rings. The molecule has 0 unspecified atom stereocenters. The molecule has 0 aliphatic carbocycles. The van der Waals surface area contributed by atoms with Crippen molar-refractivity contribution in [3.05, 3.63) is 81.9 Å². The van der Waals surface area contributed by atoms with Crippen LogP contribution in [0.25, 0.3) is 11.0 Å². The normalized spacial score (nSPS) is 18.1. The number of nitrogens with one attached hydrogen (secondary N) is 2. The van der Waals surface area contributed by atoms with Gasteiger partial charge in [-0.2, -0.15) is 18.3 Å².